The van der Waals surface area contributed by atoms with E-state index in [0.717, 1.165) is 35.3 Å². The number of nitrogens with one attached hydrogen (secondary N) is 7. The third-order valence-electron chi connectivity index (χ3n) is 16.0. The van der Waals surface area contributed by atoms with Crippen LogP contribution in [-0.4, -0.2) is 178 Å². The molecule has 0 fully saturated rings. The lowest BCUT2D eigenvalue weighted by Gasteiger charge is -2.28. The highest BCUT2D eigenvalue weighted by molar-refractivity contribution is 7.86. The zero-order valence-electron chi connectivity index (χ0n) is 54.1. The lowest BCUT2D eigenvalue weighted by Crippen LogP contribution is -2.61. The fourth-order valence-corrected chi connectivity index (χ4v) is 12.3. The van der Waals surface area contributed by atoms with E-state index in [1.807, 2.05) is 65.0 Å². The molecule has 4 rings (SSSR count). The van der Waals surface area contributed by atoms with Gasteiger partial charge in [0, 0.05) is 79.5 Å². The Morgan fingerprint density at radius 1 is 0.621 bits per heavy atom. The van der Waals surface area contributed by atoms with Gasteiger partial charge in [0.25, 0.3) is 20.2 Å². The first-order chi connectivity index (χ1) is 44.3. The summed E-state index contributed by atoms with van der Waals surface area (Å²) in [6.07, 6.45) is 8.30. The number of likely N-dealkylation sites (N-methyl/N-ethyl adjacent to an activating group) is 1. The predicted molar refractivity (Wildman–Crippen MR) is 350 cm³/mol. The Morgan fingerprint density at radius 2 is 1.17 bits per heavy atom. The zero-order valence-corrected chi connectivity index (χ0v) is 56.6. The number of aliphatic carboxylic acids is 3. The van der Waals surface area contributed by atoms with Gasteiger partial charge < -0.3 is 63.2 Å². The molecule has 8 amide bonds. The zero-order chi connectivity index (χ0) is 71.5. The summed E-state index contributed by atoms with van der Waals surface area (Å²) in [4.78, 5) is 141. The number of unbranched alkanes of at least 4 members (excludes halogenated alkanes) is 3. The Morgan fingerprint density at radius 3 is 1.71 bits per heavy atom. The van der Waals surface area contributed by atoms with E-state index in [1.165, 1.54) is 38.1 Å². The fraction of sp³-hybridized carbons (Fsp3) is 0.516. The van der Waals surface area contributed by atoms with Crippen molar-refractivity contribution in [1.29, 1.82) is 0 Å². The first kappa shape index (κ1) is 78.9. The monoisotopic (exact) mass is 1390 g/mol. The fourth-order valence-electron chi connectivity index (χ4n) is 11.0. The van der Waals surface area contributed by atoms with Crippen LogP contribution in [0.15, 0.2) is 82.3 Å². The van der Waals surface area contributed by atoms with E-state index in [9.17, 15) is 94.0 Å². The van der Waals surface area contributed by atoms with Crippen molar-refractivity contribution in [2.24, 2.45) is 11.7 Å². The van der Waals surface area contributed by atoms with E-state index >= 15 is 0 Å². The molecule has 2 heterocycles. The van der Waals surface area contributed by atoms with E-state index in [2.05, 4.69) is 59.3 Å². The van der Waals surface area contributed by atoms with E-state index in [-0.39, 0.29) is 47.3 Å². The second-order valence-corrected chi connectivity index (χ2v) is 27.4. The molecule has 0 saturated heterocycles. The van der Waals surface area contributed by atoms with Gasteiger partial charge >= 0.3 is 17.9 Å². The number of primary amides is 1. The summed E-state index contributed by atoms with van der Waals surface area (Å²) in [5.41, 5.74) is 8.97. The molecule has 2 aromatic carbocycles. The number of carbonyl (C=O) groups excluding carboxylic acids is 8. The molecule has 0 saturated carbocycles. The summed E-state index contributed by atoms with van der Waals surface area (Å²) in [5.74, 6) is -13.3. The second-order valence-electron chi connectivity index (χ2n) is 24.2. The number of anilines is 1. The summed E-state index contributed by atoms with van der Waals surface area (Å²) >= 11 is 3.98. The smallest absolute Gasteiger partial charge is 0.305 e. The van der Waals surface area contributed by atoms with Crippen LogP contribution in [0.25, 0.3) is 0 Å². The molecule has 522 valence electrons. The third kappa shape index (κ3) is 22.6. The van der Waals surface area contributed by atoms with E-state index in [1.54, 1.807) is 12.1 Å². The van der Waals surface area contributed by atoms with Gasteiger partial charge in [0.15, 0.2) is 5.71 Å². The van der Waals surface area contributed by atoms with Crippen LogP contribution < -0.4 is 47.9 Å². The summed E-state index contributed by atoms with van der Waals surface area (Å²) in [7, 11) is -8.96. The Balaban J connectivity index is 1.35. The van der Waals surface area contributed by atoms with E-state index < -0.39 is 158 Å². The van der Waals surface area contributed by atoms with Gasteiger partial charge in [-0.25, -0.2) is 0 Å². The summed E-state index contributed by atoms with van der Waals surface area (Å²) in [5, 5.41) is 45.0. The molecule has 6 atom stereocenters. The van der Waals surface area contributed by atoms with Crippen molar-refractivity contribution in [3.63, 3.8) is 0 Å². The SMILES string of the molecule is CCN1/C(=C/C=C/C=C/C2=[N+](CCCCCC(=O)NCCCC[C@H](NC(=O)[C@H](CC(=O)O)NC(=O)[C@@H](NC(=O)[C@H](CCC(=O)O)NC(=O)[C@H](CC(=O)O)NC(=O)[C@H](CS)NC(C)=O)C(C)C)C(N)=O)c3ccc(S(=O)(=O)O)cc3C2(C)C)C(C)(C)c2cc(S(=O)(=O)O)ccc21. The van der Waals surface area contributed by atoms with Gasteiger partial charge in [0.1, 0.15) is 42.8 Å². The summed E-state index contributed by atoms with van der Waals surface area (Å²) < 4.78 is 70.2. The Hall–Kier alpha value is -8.53. The van der Waals surface area contributed by atoms with Crippen molar-refractivity contribution in [1.82, 2.24) is 37.2 Å². The molecule has 0 aromatic heterocycles. The number of carboxylic acids is 3. The minimum atomic E-state index is -4.53. The molecule has 95 heavy (non-hydrogen) atoms. The second kappa shape index (κ2) is 34.8. The third-order valence-corrected chi connectivity index (χ3v) is 18.0. The van der Waals surface area contributed by atoms with Crippen LogP contribution in [0.3, 0.4) is 0 Å². The Bertz CT molecular complexity index is 3620. The maximum Gasteiger partial charge on any atom is 0.305 e. The van der Waals surface area contributed by atoms with Crippen LogP contribution in [0.1, 0.15) is 137 Å². The maximum atomic E-state index is 13.8. The molecule has 0 unspecified atom stereocenters. The maximum absolute atomic E-state index is 13.8. The molecular weight excluding hydrogens is 1300 g/mol. The largest absolute Gasteiger partial charge is 0.481 e. The molecule has 33 heteroatoms. The average Bonchev–Trinajstić information content (AvgIpc) is 1.60. The number of hydrogen-bond acceptors (Lipinski definition) is 17. The van der Waals surface area contributed by atoms with Gasteiger partial charge in [-0.05, 0) is 107 Å². The molecule has 0 bridgehead atoms. The number of benzene rings is 2. The number of carboxylic acid groups (broad SMARTS) is 3. The summed E-state index contributed by atoms with van der Waals surface area (Å²) in [6.45, 7) is 15.0. The standard InChI is InChI=1S/C62H86N10O20S3/c1-9-71-46-25-22-37(94(87,88)89)30-39(46)61(5,6)48(71)19-12-10-13-20-49-62(7,8)40-31-38(95(90,91)92)23-26-47(40)72(49)29-17-11-14-21-50(74)64-28-16-15-18-41(55(63)81)66-57(83)44(33-53(79)80)69-60(86)54(35(2)3)70-56(82)42(24-27-51(75)76)67-58(84)43(32-52(77)78)68-59(85)45(34-93)65-36(4)73/h10,12-13,19-20,22-23,25-26,30-31,35,41-45,54H,9,11,14-18,21,24,27-29,32-34H2,1-8H3,(H14-,63,64,65,66,67,68,69,70,73,74,75,76,77,78,79,80,81,82,83,84,85,86,87,88,89,90,91,92,93)/p+1/t41-,42-,43-,44-,45-,54-/m0/s1. The van der Waals surface area contributed by atoms with Crippen molar-refractivity contribution in [3.8, 4) is 0 Å². The van der Waals surface area contributed by atoms with Crippen molar-refractivity contribution >= 4 is 115 Å². The minimum Gasteiger partial charge on any atom is -0.481 e. The number of hydrogen-bond donors (Lipinski definition) is 14. The van der Waals surface area contributed by atoms with Crippen molar-refractivity contribution in [3.05, 3.63) is 83.6 Å². The number of fused-ring (bicyclic) bond motifs is 2. The molecule has 2 aromatic rings. The number of allylic oxidation sites excluding steroid dienone is 6. The van der Waals surface area contributed by atoms with Crippen LogP contribution in [0.2, 0.25) is 0 Å². The van der Waals surface area contributed by atoms with E-state index in [0.29, 0.717) is 44.3 Å². The number of rotatable bonds is 38. The predicted octanol–water partition coefficient (Wildman–Crippen LogP) is 2.03. The van der Waals surface area contributed by atoms with Crippen molar-refractivity contribution < 1.29 is 98.6 Å². The molecule has 0 spiro atoms. The Labute approximate surface area is 556 Å². The number of amides is 8. The highest BCUT2D eigenvalue weighted by atomic mass is 32.2. The number of nitrogens with two attached hydrogens (primary N) is 1. The van der Waals surface area contributed by atoms with Crippen molar-refractivity contribution in [2.45, 2.75) is 183 Å². The van der Waals surface area contributed by atoms with E-state index in [4.69, 9.17) is 5.73 Å². The van der Waals surface area contributed by atoms with Crippen molar-refractivity contribution in [2.75, 3.05) is 30.3 Å². The van der Waals surface area contributed by atoms with Crippen LogP contribution in [-0.2, 0) is 83.8 Å². The van der Waals surface area contributed by atoms with Crippen LogP contribution in [0.4, 0.5) is 11.4 Å². The van der Waals surface area contributed by atoms with Gasteiger partial charge in [-0.1, -0.05) is 45.9 Å². The average molecular weight is 1390 g/mol. The molecule has 2 aliphatic heterocycles. The van der Waals surface area contributed by atoms with Gasteiger partial charge in [-0.3, -0.25) is 61.8 Å². The highest BCUT2D eigenvalue weighted by Crippen LogP contribution is 2.48. The van der Waals surface area contributed by atoms with Gasteiger partial charge in [-0.15, -0.1) is 0 Å². The van der Waals surface area contributed by atoms with Gasteiger partial charge in [-0.2, -0.15) is 34.0 Å². The van der Waals surface area contributed by atoms with Gasteiger partial charge in [0.05, 0.1) is 28.0 Å². The normalized spacial score (nSPS) is 16.4. The molecule has 2 aliphatic rings. The van der Waals surface area contributed by atoms with Crippen LogP contribution in [0, 0.1) is 5.92 Å². The molecule has 0 aliphatic carbocycles. The highest BCUT2D eigenvalue weighted by Gasteiger charge is 2.45. The molecular formula is C62H87N10O20S3+. The first-order valence-corrected chi connectivity index (χ1v) is 34.1. The topological polar surface area (TPSA) is 474 Å². The molecule has 0 radical (unpaired) electrons. The lowest BCUT2D eigenvalue weighted by atomic mass is 9.81. The van der Waals surface area contributed by atoms with Crippen LogP contribution >= 0.6 is 12.6 Å². The molecule has 14 N–H and O–H groups in total. The number of nitrogens with zero attached hydrogens (tertiary/aromatic N) is 2. The lowest BCUT2D eigenvalue weighted by molar-refractivity contribution is -0.438. The summed E-state index contributed by atoms with van der Waals surface area (Å²) in [6, 6.07) is -0.853. The number of thiol groups is 1. The van der Waals surface area contributed by atoms with Gasteiger partial charge in [0.2, 0.25) is 52.9 Å². The molecule has 30 nitrogen and oxygen atoms in total. The quantitative estimate of drug-likeness (QED) is 0.0150. The number of carbonyl (C=O) groups is 11. The first-order valence-electron chi connectivity index (χ1n) is 30.6. The van der Waals surface area contributed by atoms with Crippen LogP contribution in [0.5, 0.6) is 0 Å². The minimum absolute atomic E-state index is 0.0765. The Kier molecular flexibility index (Phi) is 28.9.